The van der Waals surface area contributed by atoms with Gasteiger partial charge in [0.2, 0.25) is 0 Å². The minimum absolute atomic E-state index is 0.0386. The normalized spacial score (nSPS) is 18.5. The van der Waals surface area contributed by atoms with Gasteiger partial charge in [0.15, 0.2) is 23.9 Å². The van der Waals surface area contributed by atoms with E-state index in [1.165, 1.54) is 24.4 Å². The van der Waals surface area contributed by atoms with Crippen LogP contribution in [0, 0.1) is 17.0 Å². The third-order valence-corrected chi connectivity index (χ3v) is 5.44. The number of nitrogens with zero attached hydrogens (tertiary/aromatic N) is 2. The lowest BCUT2D eigenvalue weighted by atomic mass is 10.0. The zero-order valence-electron chi connectivity index (χ0n) is 17.9. The van der Waals surface area contributed by atoms with Crippen LogP contribution in [0.5, 0.6) is 0 Å². The molecule has 4 N–H and O–H groups in total. The number of rotatable bonds is 6. The Labute approximate surface area is 189 Å². The van der Waals surface area contributed by atoms with Crippen molar-refractivity contribution in [3.8, 4) is 11.1 Å². The van der Waals surface area contributed by atoms with Crippen molar-refractivity contribution < 1.29 is 27.8 Å². The first-order chi connectivity index (χ1) is 15.9. The molecule has 3 heterocycles. The van der Waals surface area contributed by atoms with Gasteiger partial charge < -0.3 is 24.8 Å². The Hall–Kier alpha value is -3.31. The number of hydrogen-bond donors (Lipinski definition) is 3. The maximum absolute atomic E-state index is 14.9. The van der Waals surface area contributed by atoms with Gasteiger partial charge in [-0.05, 0) is 25.3 Å². The van der Waals surface area contributed by atoms with E-state index in [1.54, 1.807) is 11.0 Å². The van der Waals surface area contributed by atoms with Gasteiger partial charge in [-0.1, -0.05) is 18.2 Å². The molecule has 0 saturated carbocycles. The first-order valence-corrected chi connectivity index (χ1v) is 10.6. The maximum Gasteiger partial charge on any atom is 0.414 e. The summed E-state index contributed by atoms with van der Waals surface area (Å²) >= 11 is 0. The van der Waals surface area contributed by atoms with Crippen molar-refractivity contribution >= 4 is 17.9 Å². The van der Waals surface area contributed by atoms with E-state index in [2.05, 4.69) is 4.98 Å². The average molecular weight is 461 g/mol. The van der Waals surface area contributed by atoms with Crippen LogP contribution in [-0.4, -0.2) is 49.1 Å². The van der Waals surface area contributed by atoms with Crippen LogP contribution in [0.4, 0.5) is 19.4 Å². The molecule has 2 aromatic rings. The van der Waals surface area contributed by atoms with Crippen molar-refractivity contribution in [2.45, 2.75) is 38.3 Å². The predicted octanol–water partition coefficient (Wildman–Crippen LogP) is 2.88. The monoisotopic (exact) mass is 461 g/mol. The SMILES string of the molecule is N=C(N)NC(=O)OCc1cccc(-c2cnc(N3CC(OC4CCCCO4)C3)c(F)c2)c1F. The number of ether oxygens (including phenoxy) is 3. The molecule has 1 unspecified atom stereocenters. The van der Waals surface area contributed by atoms with Crippen molar-refractivity contribution in [3.63, 3.8) is 0 Å². The summed E-state index contributed by atoms with van der Waals surface area (Å²) in [7, 11) is 0. The van der Waals surface area contributed by atoms with Gasteiger partial charge in [-0.2, -0.15) is 0 Å². The second kappa shape index (κ2) is 10.1. The van der Waals surface area contributed by atoms with Crippen molar-refractivity contribution in [1.29, 1.82) is 5.41 Å². The number of nitrogens with one attached hydrogen (secondary N) is 2. The second-order valence-corrected chi connectivity index (χ2v) is 7.88. The van der Waals surface area contributed by atoms with Crippen LogP contribution in [0.3, 0.4) is 0 Å². The summed E-state index contributed by atoms with van der Waals surface area (Å²) in [5, 5.41) is 8.92. The lowest BCUT2D eigenvalue weighted by molar-refractivity contribution is -0.192. The molecule has 0 radical (unpaired) electrons. The molecule has 2 aliphatic heterocycles. The van der Waals surface area contributed by atoms with Crippen LogP contribution in [-0.2, 0) is 20.8 Å². The summed E-state index contributed by atoms with van der Waals surface area (Å²) in [6, 6.07) is 5.72. The van der Waals surface area contributed by atoms with Crippen LogP contribution in [0.2, 0.25) is 0 Å². The average Bonchev–Trinajstić information content (AvgIpc) is 2.76. The molecule has 2 saturated heterocycles. The molecule has 1 aromatic carbocycles. The number of guanidine groups is 1. The molecular weight excluding hydrogens is 436 g/mol. The topological polar surface area (TPSA) is 123 Å². The number of carbonyl (C=O) groups is 1. The molecular formula is C22H25F2N5O4. The maximum atomic E-state index is 14.9. The lowest BCUT2D eigenvalue weighted by Crippen LogP contribution is -2.54. The highest BCUT2D eigenvalue weighted by atomic mass is 19.1. The number of pyridine rings is 1. The molecule has 0 bridgehead atoms. The molecule has 0 spiro atoms. The standard InChI is InChI=1S/C22H25F2N5O4/c23-17-8-14(16-5-3-4-13(19(16)24)12-32-22(30)28-21(25)26)9-27-20(17)29-10-15(11-29)33-18-6-1-2-7-31-18/h3-5,8-9,15,18H,1-2,6-7,10-12H2,(H4,25,26,28,30). The Kier molecular flexibility index (Phi) is 6.99. The Morgan fingerprint density at radius 3 is 2.85 bits per heavy atom. The number of benzene rings is 1. The Balaban J connectivity index is 1.39. The fraction of sp³-hybridized carbons (Fsp3) is 0.409. The molecule has 0 aliphatic carbocycles. The van der Waals surface area contributed by atoms with Crippen molar-refractivity contribution in [3.05, 3.63) is 47.7 Å². The quantitative estimate of drug-likeness (QED) is 0.447. The van der Waals surface area contributed by atoms with Crippen LogP contribution in [0.25, 0.3) is 11.1 Å². The van der Waals surface area contributed by atoms with E-state index in [4.69, 9.17) is 25.4 Å². The summed E-state index contributed by atoms with van der Waals surface area (Å²) < 4.78 is 46.0. The van der Waals surface area contributed by atoms with Crippen LogP contribution in [0.15, 0.2) is 30.5 Å². The van der Waals surface area contributed by atoms with Gasteiger partial charge in [0, 0.05) is 42.6 Å². The molecule has 1 aromatic heterocycles. The van der Waals surface area contributed by atoms with E-state index >= 15 is 0 Å². The van der Waals surface area contributed by atoms with Crippen LogP contribution in [0.1, 0.15) is 24.8 Å². The summed E-state index contributed by atoms with van der Waals surface area (Å²) in [5.41, 5.74) is 5.51. The lowest BCUT2D eigenvalue weighted by Gasteiger charge is -2.41. The van der Waals surface area contributed by atoms with Crippen LogP contribution < -0.4 is 16.0 Å². The largest absolute Gasteiger partial charge is 0.444 e. The van der Waals surface area contributed by atoms with Gasteiger partial charge in [0.1, 0.15) is 12.4 Å². The number of halogens is 2. The summed E-state index contributed by atoms with van der Waals surface area (Å²) in [6.45, 7) is 1.33. The van der Waals surface area contributed by atoms with Crippen molar-refractivity contribution in [2.75, 3.05) is 24.6 Å². The van der Waals surface area contributed by atoms with Gasteiger partial charge in [-0.15, -0.1) is 0 Å². The number of alkyl carbamates (subject to hydrolysis) is 1. The van der Waals surface area contributed by atoms with E-state index in [0.717, 1.165) is 19.3 Å². The second-order valence-electron chi connectivity index (χ2n) is 7.88. The molecule has 2 aliphatic rings. The smallest absolute Gasteiger partial charge is 0.414 e. The zero-order valence-corrected chi connectivity index (χ0v) is 17.9. The van der Waals surface area contributed by atoms with Crippen molar-refractivity contribution in [2.24, 2.45) is 5.73 Å². The highest BCUT2D eigenvalue weighted by molar-refractivity contribution is 5.90. The number of hydrogen-bond acceptors (Lipinski definition) is 7. The molecule has 1 atom stereocenters. The number of amides is 1. The molecule has 176 valence electrons. The van der Waals surface area contributed by atoms with Gasteiger partial charge >= 0.3 is 6.09 Å². The minimum atomic E-state index is -0.976. The van der Waals surface area contributed by atoms with Gasteiger partial charge in [-0.3, -0.25) is 10.7 Å². The van der Waals surface area contributed by atoms with Gasteiger partial charge in [0.05, 0.1) is 6.10 Å². The molecule has 4 rings (SSSR count). The molecule has 33 heavy (non-hydrogen) atoms. The van der Waals surface area contributed by atoms with E-state index in [-0.39, 0.29) is 41.5 Å². The fourth-order valence-corrected chi connectivity index (χ4v) is 3.74. The highest BCUT2D eigenvalue weighted by Gasteiger charge is 2.33. The first-order valence-electron chi connectivity index (χ1n) is 10.6. The van der Waals surface area contributed by atoms with Crippen LogP contribution >= 0.6 is 0 Å². The zero-order chi connectivity index (χ0) is 23.4. The molecule has 1 amide bonds. The van der Waals surface area contributed by atoms with Crippen molar-refractivity contribution in [1.82, 2.24) is 10.3 Å². The Morgan fingerprint density at radius 2 is 2.15 bits per heavy atom. The molecule has 9 nitrogen and oxygen atoms in total. The molecule has 2 fully saturated rings. The summed E-state index contributed by atoms with van der Waals surface area (Å²) in [6.07, 6.45) is 3.19. The number of carbonyl (C=O) groups excluding carboxylic acids is 1. The van der Waals surface area contributed by atoms with E-state index in [0.29, 0.717) is 19.7 Å². The highest BCUT2D eigenvalue weighted by Crippen LogP contribution is 2.30. The third kappa shape index (κ3) is 5.55. The Morgan fingerprint density at radius 1 is 1.33 bits per heavy atom. The van der Waals surface area contributed by atoms with E-state index in [9.17, 15) is 13.6 Å². The van der Waals surface area contributed by atoms with Gasteiger partial charge in [0.25, 0.3) is 0 Å². The van der Waals surface area contributed by atoms with E-state index in [1.807, 2.05) is 5.32 Å². The third-order valence-electron chi connectivity index (χ3n) is 5.44. The summed E-state index contributed by atoms with van der Waals surface area (Å²) in [5.74, 6) is -1.63. The summed E-state index contributed by atoms with van der Waals surface area (Å²) in [4.78, 5) is 17.4. The Bertz CT molecular complexity index is 1030. The first kappa shape index (κ1) is 22.9. The molecule has 11 heteroatoms. The number of anilines is 1. The van der Waals surface area contributed by atoms with E-state index < -0.39 is 23.7 Å². The number of nitrogens with two attached hydrogens (primary N) is 1. The number of aromatic nitrogens is 1. The van der Waals surface area contributed by atoms with Gasteiger partial charge in [-0.25, -0.2) is 18.6 Å². The fourth-order valence-electron chi connectivity index (χ4n) is 3.74. The predicted molar refractivity (Wildman–Crippen MR) is 116 cm³/mol. The minimum Gasteiger partial charge on any atom is -0.444 e.